The summed E-state index contributed by atoms with van der Waals surface area (Å²) >= 11 is 0. The Bertz CT molecular complexity index is 168. The summed E-state index contributed by atoms with van der Waals surface area (Å²) < 4.78 is 0. The van der Waals surface area contributed by atoms with Crippen LogP contribution in [0, 0.1) is 11.3 Å². The third-order valence-corrected chi connectivity index (χ3v) is 2.81. The lowest BCUT2D eigenvalue weighted by atomic mass is 9.70. The summed E-state index contributed by atoms with van der Waals surface area (Å²) in [4.78, 5) is 0. The van der Waals surface area contributed by atoms with Crippen molar-refractivity contribution in [2.45, 2.75) is 33.6 Å². The third kappa shape index (κ3) is 1.84. The summed E-state index contributed by atoms with van der Waals surface area (Å²) in [5, 5.41) is 9.08. The SMILES string of the molecule is CC1=CCC(CO)C(C)(C)C1. The van der Waals surface area contributed by atoms with E-state index in [2.05, 4.69) is 26.8 Å². The van der Waals surface area contributed by atoms with Crippen LogP contribution in [0.3, 0.4) is 0 Å². The maximum atomic E-state index is 9.08. The number of allylic oxidation sites excluding steroid dienone is 2. The van der Waals surface area contributed by atoms with Crippen LogP contribution in [0.1, 0.15) is 33.6 Å². The second-order valence-corrected chi connectivity index (χ2v) is 4.33. The molecule has 64 valence electrons. The van der Waals surface area contributed by atoms with Gasteiger partial charge in [-0.1, -0.05) is 25.5 Å². The van der Waals surface area contributed by atoms with E-state index in [9.17, 15) is 0 Å². The molecular weight excluding hydrogens is 136 g/mol. The number of aliphatic hydroxyl groups is 1. The second kappa shape index (κ2) is 2.98. The summed E-state index contributed by atoms with van der Waals surface area (Å²) in [5.74, 6) is 0.464. The van der Waals surface area contributed by atoms with E-state index >= 15 is 0 Å². The fourth-order valence-electron chi connectivity index (χ4n) is 1.92. The van der Waals surface area contributed by atoms with Crippen molar-refractivity contribution >= 4 is 0 Å². The topological polar surface area (TPSA) is 20.2 Å². The molecule has 1 atom stereocenters. The third-order valence-electron chi connectivity index (χ3n) is 2.81. The predicted molar refractivity (Wildman–Crippen MR) is 47.3 cm³/mol. The first-order chi connectivity index (χ1) is 5.06. The van der Waals surface area contributed by atoms with Crippen LogP contribution in [0.25, 0.3) is 0 Å². The Balaban J connectivity index is 2.71. The van der Waals surface area contributed by atoms with Gasteiger partial charge in [0.05, 0.1) is 0 Å². The number of aliphatic hydroxyl groups excluding tert-OH is 1. The molecule has 1 aliphatic rings. The van der Waals surface area contributed by atoms with Crippen LogP contribution >= 0.6 is 0 Å². The van der Waals surface area contributed by atoms with E-state index in [-0.39, 0.29) is 0 Å². The van der Waals surface area contributed by atoms with Gasteiger partial charge in [-0.05, 0) is 31.1 Å². The minimum Gasteiger partial charge on any atom is -0.396 e. The highest BCUT2D eigenvalue weighted by Gasteiger charge is 2.30. The molecule has 0 aromatic carbocycles. The zero-order valence-corrected chi connectivity index (χ0v) is 7.72. The van der Waals surface area contributed by atoms with Crippen LogP contribution in [0.4, 0.5) is 0 Å². The number of hydrogen-bond acceptors (Lipinski definition) is 1. The predicted octanol–water partition coefficient (Wildman–Crippen LogP) is 2.36. The largest absolute Gasteiger partial charge is 0.396 e. The van der Waals surface area contributed by atoms with Gasteiger partial charge in [-0.3, -0.25) is 0 Å². The summed E-state index contributed by atoms with van der Waals surface area (Å²) in [6.07, 6.45) is 4.44. The van der Waals surface area contributed by atoms with Gasteiger partial charge >= 0.3 is 0 Å². The first-order valence-electron chi connectivity index (χ1n) is 4.33. The fourth-order valence-corrected chi connectivity index (χ4v) is 1.92. The van der Waals surface area contributed by atoms with Crippen molar-refractivity contribution in [1.82, 2.24) is 0 Å². The van der Waals surface area contributed by atoms with Crippen molar-refractivity contribution in [2.24, 2.45) is 11.3 Å². The summed E-state index contributed by atoms with van der Waals surface area (Å²) in [6, 6.07) is 0. The Labute approximate surface area is 69.1 Å². The molecule has 0 fully saturated rings. The Morgan fingerprint density at radius 1 is 1.64 bits per heavy atom. The highest BCUT2D eigenvalue weighted by atomic mass is 16.3. The molecule has 0 aliphatic heterocycles. The lowest BCUT2D eigenvalue weighted by Gasteiger charge is -2.36. The van der Waals surface area contributed by atoms with Crippen LogP contribution in [-0.2, 0) is 0 Å². The van der Waals surface area contributed by atoms with Crippen molar-refractivity contribution in [3.8, 4) is 0 Å². The van der Waals surface area contributed by atoms with E-state index < -0.39 is 0 Å². The lowest BCUT2D eigenvalue weighted by Crippen LogP contribution is -2.29. The van der Waals surface area contributed by atoms with Gasteiger partial charge in [-0.25, -0.2) is 0 Å². The van der Waals surface area contributed by atoms with Gasteiger partial charge in [0.15, 0.2) is 0 Å². The highest BCUT2D eigenvalue weighted by molar-refractivity contribution is 5.08. The van der Waals surface area contributed by atoms with Gasteiger partial charge in [0.1, 0.15) is 0 Å². The maximum absolute atomic E-state index is 9.08. The Morgan fingerprint density at radius 2 is 2.27 bits per heavy atom. The van der Waals surface area contributed by atoms with Gasteiger partial charge in [0, 0.05) is 6.61 Å². The standard InChI is InChI=1S/C10H18O/c1-8-4-5-9(7-11)10(2,3)6-8/h4,9,11H,5-7H2,1-3H3. The minimum absolute atomic E-state index is 0.299. The van der Waals surface area contributed by atoms with Crippen molar-refractivity contribution in [2.75, 3.05) is 6.61 Å². The Hall–Kier alpha value is -0.300. The summed E-state index contributed by atoms with van der Waals surface area (Å²) in [7, 11) is 0. The van der Waals surface area contributed by atoms with Gasteiger partial charge in [0.2, 0.25) is 0 Å². The van der Waals surface area contributed by atoms with Crippen molar-refractivity contribution in [3.63, 3.8) is 0 Å². The van der Waals surface area contributed by atoms with E-state index in [1.807, 2.05) is 0 Å². The van der Waals surface area contributed by atoms with E-state index in [0.29, 0.717) is 17.9 Å². The average molecular weight is 154 g/mol. The quantitative estimate of drug-likeness (QED) is 0.575. The molecule has 1 N–H and O–H groups in total. The molecule has 0 bridgehead atoms. The molecule has 0 amide bonds. The van der Waals surface area contributed by atoms with Gasteiger partial charge < -0.3 is 5.11 Å². The molecule has 0 heterocycles. The monoisotopic (exact) mass is 154 g/mol. The zero-order chi connectivity index (χ0) is 8.48. The molecule has 1 rings (SSSR count). The Morgan fingerprint density at radius 3 is 2.73 bits per heavy atom. The summed E-state index contributed by atoms with van der Waals surface area (Å²) in [6.45, 7) is 6.99. The molecule has 0 aromatic rings. The van der Waals surface area contributed by atoms with Crippen LogP contribution in [0.2, 0.25) is 0 Å². The zero-order valence-electron chi connectivity index (χ0n) is 7.72. The van der Waals surface area contributed by atoms with Gasteiger partial charge in [-0.2, -0.15) is 0 Å². The number of hydrogen-bond donors (Lipinski definition) is 1. The normalized spacial score (nSPS) is 29.8. The molecule has 1 unspecified atom stereocenters. The van der Waals surface area contributed by atoms with Crippen molar-refractivity contribution in [3.05, 3.63) is 11.6 Å². The van der Waals surface area contributed by atoms with Crippen molar-refractivity contribution in [1.29, 1.82) is 0 Å². The molecule has 0 aromatic heterocycles. The van der Waals surface area contributed by atoms with Crippen LogP contribution in [0.15, 0.2) is 11.6 Å². The van der Waals surface area contributed by atoms with E-state index in [4.69, 9.17) is 5.11 Å². The molecule has 1 nitrogen and oxygen atoms in total. The van der Waals surface area contributed by atoms with Crippen LogP contribution in [-0.4, -0.2) is 11.7 Å². The van der Waals surface area contributed by atoms with E-state index in [1.54, 1.807) is 0 Å². The minimum atomic E-state index is 0.299. The van der Waals surface area contributed by atoms with E-state index in [0.717, 1.165) is 12.8 Å². The lowest BCUT2D eigenvalue weighted by molar-refractivity contribution is 0.111. The molecule has 0 saturated carbocycles. The van der Waals surface area contributed by atoms with E-state index in [1.165, 1.54) is 5.57 Å². The molecule has 0 spiro atoms. The van der Waals surface area contributed by atoms with Crippen LogP contribution < -0.4 is 0 Å². The molecule has 1 aliphatic carbocycles. The summed E-state index contributed by atoms with van der Waals surface area (Å²) in [5.41, 5.74) is 1.77. The molecule has 1 heteroatoms. The first kappa shape index (κ1) is 8.79. The maximum Gasteiger partial charge on any atom is 0.0467 e. The van der Waals surface area contributed by atoms with Gasteiger partial charge in [-0.15, -0.1) is 0 Å². The van der Waals surface area contributed by atoms with Gasteiger partial charge in [0.25, 0.3) is 0 Å². The highest BCUT2D eigenvalue weighted by Crippen LogP contribution is 2.39. The van der Waals surface area contributed by atoms with Crippen LogP contribution in [0.5, 0.6) is 0 Å². The first-order valence-corrected chi connectivity index (χ1v) is 4.33. The molecule has 0 saturated heterocycles. The fraction of sp³-hybridized carbons (Fsp3) is 0.800. The second-order valence-electron chi connectivity index (χ2n) is 4.33. The average Bonchev–Trinajstić information content (AvgIpc) is 1.85. The molecular formula is C10H18O. The number of rotatable bonds is 1. The molecule has 11 heavy (non-hydrogen) atoms. The Kier molecular flexibility index (Phi) is 2.38. The van der Waals surface area contributed by atoms with Crippen molar-refractivity contribution < 1.29 is 5.11 Å². The smallest absolute Gasteiger partial charge is 0.0467 e. The molecule has 0 radical (unpaired) electrons.